The molecule has 1 aromatic carbocycles. The molecule has 24 heavy (non-hydrogen) atoms. The number of rotatable bonds is 4. The Morgan fingerprint density at radius 3 is 2.54 bits per heavy atom. The number of aromatic carboxylic acids is 1. The smallest absolute Gasteiger partial charge is 0.335 e. The fourth-order valence-electron chi connectivity index (χ4n) is 3.01. The van der Waals surface area contributed by atoms with Crippen LogP contribution in [0.4, 0.5) is 0 Å². The normalized spacial score (nSPS) is 18.6. The molecule has 1 N–H and O–H groups in total. The van der Waals surface area contributed by atoms with Crippen molar-refractivity contribution in [2.75, 3.05) is 12.8 Å². The maximum atomic E-state index is 11.9. The van der Waals surface area contributed by atoms with Crippen molar-refractivity contribution >= 4 is 16.0 Å². The van der Waals surface area contributed by atoms with Crippen LogP contribution in [0.1, 0.15) is 34.9 Å². The van der Waals surface area contributed by atoms with Crippen molar-refractivity contribution in [3.63, 3.8) is 0 Å². The summed E-state index contributed by atoms with van der Waals surface area (Å²) in [4.78, 5) is 15.5. The van der Waals surface area contributed by atoms with Crippen molar-refractivity contribution in [1.82, 2.24) is 9.29 Å². The molecule has 0 radical (unpaired) electrons. The first-order chi connectivity index (χ1) is 11.4. The standard InChI is InChI=1S/C17H18N2O4S/c1-24(22,23)19-11-3-6-16(19)15-5-2-4-14(18-15)12-7-9-13(10-8-12)17(20)21/h2,4-5,7-10,16H,3,6,11H2,1H3,(H,20,21)/t16-/m0/s1. The van der Waals surface area contributed by atoms with Gasteiger partial charge in [0.05, 0.1) is 29.2 Å². The lowest BCUT2D eigenvalue weighted by molar-refractivity contribution is 0.0697. The van der Waals surface area contributed by atoms with Crippen LogP contribution in [0.25, 0.3) is 11.3 Å². The van der Waals surface area contributed by atoms with E-state index in [1.54, 1.807) is 12.1 Å². The molecule has 0 saturated carbocycles. The number of nitrogens with zero attached hydrogens (tertiary/aromatic N) is 2. The average Bonchev–Trinajstić information content (AvgIpc) is 3.05. The van der Waals surface area contributed by atoms with Crippen LogP contribution >= 0.6 is 0 Å². The van der Waals surface area contributed by atoms with Gasteiger partial charge in [0.2, 0.25) is 10.0 Å². The molecule has 2 aromatic rings. The first-order valence-corrected chi connectivity index (χ1v) is 9.48. The van der Waals surface area contributed by atoms with Gasteiger partial charge < -0.3 is 5.11 Å². The zero-order valence-corrected chi connectivity index (χ0v) is 14.0. The fraction of sp³-hybridized carbons (Fsp3) is 0.294. The Morgan fingerprint density at radius 2 is 1.92 bits per heavy atom. The minimum atomic E-state index is -3.26. The van der Waals surface area contributed by atoms with Crippen molar-refractivity contribution in [2.45, 2.75) is 18.9 Å². The predicted octanol–water partition coefficient (Wildman–Crippen LogP) is 2.54. The molecule has 1 aromatic heterocycles. The van der Waals surface area contributed by atoms with Crippen molar-refractivity contribution in [3.8, 4) is 11.3 Å². The van der Waals surface area contributed by atoms with Crippen LogP contribution in [-0.4, -0.2) is 41.6 Å². The molecule has 1 fully saturated rings. The lowest BCUT2D eigenvalue weighted by Gasteiger charge is -2.22. The van der Waals surface area contributed by atoms with Crippen molar-refractivity contribution in [3.05, 3.63) is 53.7 Å². The van der Waals surface area contributed by atoms with Gasteiger partial charge in [0, 0.05) is 12.1 Å². The van der Waals surface area contributed by atoms with Crippen molar-refractivity contribution in [2.24, 2.45) is 0 Å². The second kappa shape index (κ2) is 6.33. The van der Waals surface area contributed by atoms with Crippen LogP contribution in [0.5, 0.6) is 0 Å². The summed E-state index contributed by atoms with van der Waals surface area (Å²) in [5.41, 5.74) is 2.43. The van der Waals surface area contributed by atoms with E-state index >= 15 is 0 Å². The number of pyridine rings is 1. The molecule has 1 aliphatic heterocycles. The molecule has 1 atom stereocenters. The Balaban J connectivity index is 1.93. The van der Waals surface area contributed by atoms with Crippen LogP contribution in [-0.2, 0) is 10.0 Å². The monoisotopic (exact) mass is 346 g/mol. The molecule has 1 saturated heterocycles. The third kappa shape index (κ3) is 3.32. The molecule has 2 heterocycles. The van der Waals surface area contributed by atoms with E-state index in [-0.39, 0.29) is 11.6 Å². The summed E-state index contributed by atoms with van der Waals surface area (Å²) in [7, 11) is -3.26. The number of sulfonamides is 1. The van der Waals surface area contributed by atoms with E-state index in [0.29, 0.717) is 12.2 Å². The van der Waals surface area contributed by atoms with E-state index < -0.39 is 16.0 Å². The van der Waals surface area contributed by atoms with Crippen LogP contribution in [0.15, 0.2) is 42.5 Å². The van der Waals surface area contributed by atoms with Gasteiger partial charge in [-0.25, -0.2) is 13.2 Å². The van der Waals surface area contributed by atoms with Gasteiger partial charge in [0.25, 0.3) is 0 Å². The Bertz CT molecular complexity index is 862. The van der Waals surface area contributed by atoms with Gasteiger partial charge in [-0.1, -0.05) is 18.2 Å². The van der Waals surface area contributed by atoms with Crippen LogP contribution in [0.2, 0.25) is 0 Å². The number of carbonyl (C=O) groups is 1. The van der Waals surface area contributed by atoms with Gasteiger partial charge in [0.1, 0.15) is 0 Å². The molecule has 7 heteroatoms. The summed E-state index contributed by atoms with van der Waals surface area (Å²) in [5.74, 6) is -0.974. The molecule has 0 unspecified atom stereocenters. The molecular formula is C17H18N2O4S. The third-order valence-electron chi connectivity index (χ3n) is 4.17. The molecule has 126 valence electrons. The quantitative estimate of drug-likeness (QED) is 0.919. The largest absolute Gasteiger partial charge is 0.478 e. The highest BCUT2D eigenvalue weighted by atomic mass is 32.2. The highest BCUT2D eigenvalue weighted by Gasteiger charge is 2.33. The van der Waals surface area contributed by atoms with Gasteiger partial charge in [-0.05, 0) is 37.1 Å². The van der Waals surface area contributed by atoms with Gasteiger partial charge >= 0.3 is 5.97 Å². The van der Waals surface area contributed by atoms with Gasteiger partial charge in [-0.2, -0.15) is 4.31 Å². The average molecular weight is 346 g/mol. The Kier molecular flexibility index (Phi) is 4.38. The summed E-state index contributed by atoms with van der Waals surface area (Å²) >= 11 is 0. The molecule has 6 nitrogen and oxygen atoms in total. The lowest BCUT2D eigenvalue weighted by Crippen LogP contribution is -2.29. The third-order valence-corrected chi connectivity index (χ3v) is 5.46. The molecule has 0 spiro atoms. The zero-order valence-electron chi connectivity index (χ0n) is 13.2. The summed E-state index contributed by atoms with van der Waals surface area (Å²) < 4.78 is 25.3. The number of hydrogen-bond donors (Lipinski definition) is 1. The molecule has 0 amide bonds. The number of carboxylic acids is 1. The second-order valence-electron chi connectivity index (χ2n) is 5.86. The van der Waals surface area contributed by atoms with Gasteiger partial charge in [-0.15, -0.1) is 0 Å². The number of aromatic nitrogens is 1. The van der Waals surface area contributed by atoms with E-state index in [2.05, 4.69) is 4.98 Å². The maximum absolute atomic E-state index is 11.9. The van der Waals surface area contributed by atoms with Gasteiger partial charge in [0.15, 0.2) is 0 Å². The summed E-state index contributed by atoms with van der Waals surface area (Å²) in [6.45, 7) is 0.517. The van der Waals surface area contributed by atoms with Crippen LogP contribution in [0.3, 0.4) is 0 Å². The second-order valence-corrected chi connectivity index (χ2v) is 7.80. The fourth-order valence-corrected chi connectivity index (χ4v) is 4.15. The van der Waals surface area contributed by atoms with Crippen molar-refractivity contribution < 1.29 is 18.3 Å². The minimum absolute atomic E-state index is 0.217. The van der Waals surface area contributed by atoms with E-state index in [4.69, 9.17) is 5.11 Å². The summed E-state index contributed by atoms with van der Waals surface area (Å²) in [6, 6.07) is 11.8. The first-order valence-electron chi connectivity index (χ1n) is 7.64. The zero-order chi connectivity index (χ0) is 17.3. The summed E-state index contributed by atoms with van der Waals surface area (Å²) in [5, 5.41) is 8.96. The van der Waals surface area contributed by atoms with E-state index in [1.165, 1.54) is 22.7 Å². The predicted molar refractivity (Wildman–Crippen MR) is 90.2 cm³/mol. The molecule has 3 rings (SSSR count). The maximum Gasteiger partial charge on any atom is 0.335 e. The highest BCUT2D eigenvalue weighted by molar-refractivity contribution is 7.88. The number of hydrogen-bond acceptors (Lipinski definition) is 4. The van der Waals surface area contributed by atoms with E-state index in [0.717, 1.165) is 24.1 Å². The molecule has 1 aliphatic rings. The van der Waals surface area contributed by atoms with E-state index in [1.807, 2.05) is 18.2 Å². The van der Waals surface area contributed by atoms with Crippen LogP contribution in [0, 0.1) is 0 Å². The number of carboxylic acid groups (broad SMARTS) is 1. The van der Waals surface area contributed by atoms with E-state index in [9.17, 15) is 13.2 Å². The molecular weight excluding hydrogens is 328 g/mol. The lowest BCUT2D eigenvalue weighted by atomic mass is 10.1. The Hall–Kier alpha value is -2.25. The SMILES string of the molecule is CS(=O)(=O)N1CCC[C@H]1c1cccc(-c2ccc(C(=O)O)cc2)n1. The summed E-state index contributed by atoms with van der Waals surface area (Å²) in [6.07, 6.45) is 2.79. The number of benzene rings is 1. The Labute approximate surface area is 140 Å². The topological polar surface area (TPSA) is 87.6 Å². The molecule has 0 aliphatic carbocycles. The van der Waals surface area contributed by atoms with Gasteiger partial charge in [-0.3, -0.25) is 4.98 Å². The first kappa shape index (κ1) is 16.6. The molecule has 0 bridgehead atoms. The Morgan fingerprint density at radius 1 is 1.21 bits per heavy atom. The van der Waals surface area contributed by atoms with Crippen molar-refractivity contribution in [1.29, 1.82) is 0 Å². The highest BCUT2D eigenvalue weighted by Crippen LogP contribution is 2.33. The minimum Gasteiger partial charge on any atom is -0.478 e. The van der Waals surface area contributed by atoms with Crippen LogP contribution < -0.4 is 0 Å².